The Morgan fingerprint density at radius 2 is 2.29 bits per heavy atom. The van der Waals surface area contributed by atoms with Crippen LogP contribution in [0.15, 0.2) is 18.5 Å². The lowest BCUT2D eigenvalue weighted by Gasteiger charge is -2.21. The maximum Gasteiger partial charge on any atom is 0.253 e. The van der Waals surface area contributed by atoms with E-state index in [0.29, 0.717) is 23.8 Å². The molecule has 0 spiro atoms. The van der Waals surface area contributed by atoms with Crippen LogP contribution in [0.5, 0.6) is 0 Å². The first-order valence-corrected chi connectivity index (χ1v) is 5.55. The third-order valence-corrected chi connectivity index (χ3v) is 2.56. The van der Waals surface area contributed by atoms with Gasteiger partial charge in [0, 0.05) is 13.3 Å². The van der Waals surface area contributed by atoms with E-state index in [9.17, 15) is 4.79 Å². The molecule has 5 heteroatoms. The number of carbonyl (C=O) groups is 1. The van der Waals surface area contributed by atoms with Gasteiger partial charge < -0.3 is 15.8 Å². The second-order valence-electron chi connectivity index (χ2n) is 4.24. The molecule has 1 heterocycles. The summed E-state index contributed by atoms with van der Waals surface area (Å²) in [5.41, 5.74) is 6.52. The maximum atomic E-state index is 12.0. The summed E-state index contributed by atoms with van der Waals surface area (Å²) in [5.74, 6) is 0.0996. The summed E-state index contributed by atoms with van der Waals surface area (Å²) in [7, 11) is 1.61. The Kier molecular flexibility index (Phi) is 4.90. The fraction of sp³-hybridized carbons (Fsp3) is 0.500. The van der Waals surface area contributed by atoms with E-state index in [2.05, 4.69) is 10.3 Å². The number of hydrogen-bond donors (Lipinski definition) is 2. The van der Waals surface area contributed by atoms with Crippen molar-refractivity contribution in [1.82, 2.24) is 10.3 Å². The number of carbonyl (C=O) groups excluding carboxylic acids is 1. The van der Waals surface area contributed by atoms with Crippen molar-refractivity contribution in [2.75, 3.05) is 19.5 Å². The summed E-state index contributed by atoms with van der Waals surface area (Å²) < 4.78 is 5.07. The zero-order valence-corrected chi connectivity index (χ0v) is 10.4. The van der Waals surface area contributed by atoms with Gasteiger partial charge in [-0.15, -0.1) is 0 Å². The van der Waals surface area contributed by atoms with Gasteiger partial charge in [-0.25, -0.2) is 0 Å². The van der Waals surface area contributed by atoms with Crippen molar-refractivity contribution >= 4 is 11.6 Å². The molecule has 0 saturated carbocycles. The molecule has 1 amide bonds. The zero-order chi connectivity index (χ0) is 12.8. The van der Waals surface area contributed by atoms with Gasteiger partial charge in [0.25, 0.3) is 5.91 Å². The number of nitrogens with zero attached hydrogens (tertiary/aromatic N) is 1. The van der Waals surface area contributed by atoms with E-state index < -0.39 is 0 Å². The van der Waals surface area contributed by atoms with Crippen LogP contribution in [0.2, 0.25) is 0 Å². The number of methoxy groups -OCH3 is 1. The Labute approximate surface area is 101 Å². The summed E-state index contributed by atoms with van der Waals surface area (Å²) >= 11 is 0. The van der Waals surface area contributed by atoms with Gasteiger partial charge in [-0.1, -0.05) is 13.8 Å². The van der Waals surface area contributed by atoms with Crippen molar-refractivity contribution in [3.63, 3.8) is 0 Å². The van der Waals surface area contributed by atoms with Crippen molar-refractivity contribution in [2.24, 2.45) is 5.92 Å². The van der Waals surface area contributed by atoms with Gasteiger partial charge in [0.2, 0.25) is 0 Å². The molecule has 0 fully saturated rings. The number of nitrogens with one attached hydrogen (secondary N) is 1. The molecule has 0 radical (unpaired) electrons. The smallest absolute Gasteiger partial charge is 0.253 e. The van der Waals surface area contributed by atoms with Crippen molar-refractivity contribution in [1.29, 1.82) is 0 Å². The lowest BCUT2D eigenvalue weighted by atomic mass is 10.0. The lowest BCUT2D eigenvalue weighted by Crippen LogP contribution is -2.41. The predicted molar refractivity (Wildman–Crippen MR) is 66.6 cm³/mol. The van der Waals surface area contributed by atoms with Crippen molar-refractivity contribution in [3.8, 4) is 0 Å². The molecule has 1 atom stereocenters. The Hall–Kier alpha value is -1.62. The highest BCUT2D eigenvalue weighted by Gasteiger charge is 2.18. The number of ether oxygens (including phenoxy) is 1. The summed E-state index contributed by atoms with van der Waals surface area (Å²) in [5, 5.41) is 2.90. The van der Waals surface area contributed by atoms with E-state index in [0.717, 1.165) is 0 Å². The highest BCUT2D eigenvalue weighted by atomic mass is 16.5. The minimum atomic E-state index is -0.194. The molecule has 1 aromatic heterocycles. The first-order valence-electron chi connectivity index (χ1n) is 5.55. The van der Waals surface area contributed by atoms with Gasteiger partial charge in [0.15, 0.2) is 0 Å². The topological polar surface area (TPSA) is 77.2 Å². The van der Waals surface area contributed by atoms with E-state index in [1.165, 1.54) is 6.20 Å². The Morgan fingerprint density at radius 1 is 1.59 bits per heavy atom. The molecule has 0 aliphatic rings. The van der Waals surface area contributed by atoms with Crippen LogP contribution in [0.25, 0.3) is 0 Å². The predicted octanol–water partition coefficient (Wildman–Crippen LogP) is 1.06. The number of aromatic nitrogens is 1. The van der Waals surface area contributed by atoms with Gasteiger partial charge in [-0.2, -0.15) is 0 Å². The standard InChI is InChI=1S/C12H19N3O2/c1-8(2)11(7-17-3)15-12(16)9-4-5-14-6-10(9)13/h4-6,8,11H,7,13H2,1-3H3,(H,15,16). The van der Waals surface area contributed by atoms with Crippen LogP contribution in [0, 0.1) is 5.92 Å². The monoisotopic (exact) mass is 237 g/mol. The Morgan fingerprint density at radius 3 is 2.82 bits per heavy atom. The molecule has 17 heavy (non-hydrogen) atoms. The van der Waals surface area contributed by atoms with Crippen LogP contribution in [-0.2, 0) is 4.74 Å². The van der Waals surface area contributed by atoms with Gasteiger partial charge in [0.1, 0.15) is 0 Å². The molecule has 1 unspecified atom stereocenters. The van der Waals surface area contributed by atoms with Crippen LogP contribution in [0.4, 0.5) is 5.69 Å². The van der Waals surface area contributed by atoms with Crippen molar-refractivity contribution in [3.05, 3.63) is 24.0 Å². The number of rotatable bonds is 5. The zero-order valence-electron chi connectivity index (χ0n) is 10.4. The van der Waals surface area contributed by atoms with E-state index in [-0.39, 0.29) is 11.9 Å². The lowest BCUT2D eigenvalue weighted by molar-refractivity contribution is 0.0867. The third kappa shape index (κ3) is 3.71. The minimum Gasteiger partial charge on any atom is -0.397 e. The van der Waals surface area contributed by atoms with Crippen molar-refractivity contribution in [2.45, 2.75) is 19.9 Å². The molecule has 0 aliphatic heterocycles. The molecule has 0 saturated heterocycles. The molecular weight excluding hydrogens is 218 g/mol. The average Bonchev–Trinajstić information content (AvgIpc) is 2.28. The molecule has 1 aromatic rings. The Balaban J connectivity index is 2.74. The van der Waals surface area contributed by atoms with Crippen molar-refractivity contribution < 1.29 is 9.53 Å². The molecule has 0 aliphatic carbocycles. The van der Waals surface area contributed by atoms with Crippen LogP contribution >= 0.6 is 0 Å². The van der Waals surface area contributed by atoms with Crippen LogP contribution in [0.1, 0.15) is 24.2 Å². The molecule has 3 N–H and O–H groups in total. The highest BCUT2D eigenvalue weighted by Crippen LogP contribution is 2.10. The number of hydrogen-bond acceptors (Lipinski definition) is 4. The van der Waals surface area contributed by atoms with E-state index >= 15 is 0 Å². The number of nitrogen functional groups attached to an aromatic ring is 1. The summed E-state index contributed by atoms with van der Waals surface area (Å²) in [4.78, 5) is 15.8. The van der Waals surface area contributed by atoms with E-state index in [1.807, 2.05) is 13.8 Å². The quantitative estimate of drug-likeness (QED) is 0.803. The van der Waals surface area contributed by atoms with Gasteiger partial charge in [-0.05, 0) is 12.0 Å². The average molecular weight is 237 g/mol. The normalized spacial score (nSPS) is 12.5. The first kappa shape index (κ1) is 13.4. The van der Waals surface area contributed by atoms with E-state index in [1.54, 1.807) is 19.4 Å². The van der Waals surface area contributed by atoms with Gasteiger partial charge in [-0.3, -0.25) is 9.78 Å². The van der Waals surface area contributed by atoms with Crippen LogP contribution < -0.4 is 11.1 Å². The summed E-state index contributed by atoms with van der Waals surface area (Å²) in [6, 6.07) is 1.58. The Bertz CT molecular complexity index is 380. The number of amides is 1. The van der Waals surface area contributed by atoms with Gasteiger partial charge >= 0.3 is 0 Å². The molecule has 94 valence electrons. The maximum absolute atomic E-state index is 12.0. The van der Waals surface area contributed by atoms with Crippen LogP contribution in [0.3, 0.4) is 0 Å². The van der Waals surface area contributed by atoms with Gasteiger partial charge in [0.05, 0.1) is 30.1 Å². The fourth-order valence-electron chi connectivity index (χ4n) is 1.44. The number of pyridine rings is 1. The summed E-state index contributed by atoms with van der Waals surface area (Å²) in [6.07, 6.45) is 3.02. The largest absolute Gasteiger partial charge is 0.397 e. The molecule has 1 rings (SSSR count). The first-order chi connectivity index (χ1) is 8.06. The SMILES string of the molecule is COCC(NC(=O)c1ccncc1N)C(C)C. The van der Waals surface area contributed by atoms with E-state index in [4.69, 9.17) is 10.5 Å². The second-order valence-corrected chi connectivity index (χ2v) is 4.24. The highest BCUT2D eigenvalue weighted by molar-refractivity contribution is 5.99. The third-order valence-electron chi connectivity index (χ3n) is 2.56. The molecular formula is C12H19N3O2. The number of nitrogens with two attached hydrogens (primary N) is 1. The summed E-state index contributed by atoms with van der Waals surface area (Å²) in [6.45, 7) is 4.54. The van der Waals surface area contributed by atoms with Crippen LogP contribution in [-0.4, -0.2) is 30.6 Å². The minimum absolute atomic E-state index is 0.0277. The molecule has 0 aromatic carbocycles. The molecule has 0 bridgehead atoms. The fourth-order valence-corrected chi connectivity index (χ4v) is 1.44. The second kappa shape index (κ2) is 6.20. The molecule has 5 nitrogen and oxygen atoms in total. The number of anilines is 1.